The molecule has 0 bridgehead atoms. The molecule has 188 valence electrons. The molecule has 0 radical (unpaired) electrons. The number of hydrogen-bond acceptors (Lipinski definition) is 5. The van der Waals surface area contributed by atoms with Gasteiger partial charge in [0.1, 0.15) is 11.5 Å². The number of aromatic amines is 2. The van der Waals surface area contributed by atoms with Gasteiger partial charge in [0.25, 0.3) is 0 Å². The molecule has 7 rings (SSSR count). The van der Waals surface area contributed by atoms with Gasteiger partial charge in [0.2, 0.25) is 0 Å². The summed E-state index contributed by atoms with van der Waals surface area (Å²) in [5.41, 5.74) is 8.06. The number of nitrogens with zero attached hydrogens (tertiary/aromatic N) is 5. The molecule has 7 nitrogen and oxygen atoms in total. The van der Waals surface area contributed by atoms with Crippen LogP contribution in [0.3, 0.4) is 0 Å². The van der Waals surface area contributed by atoms with Gasteiger partial charge in [0.05, 0.1) is 17.4 Å². The van der Waals surface area contributed by atoms with Crippen LogP contribution in [-0.4, -0.2) is 48.1 Å². The van der Waals surface area contributed by atoms with Crippen molar-refractivity contribution in [2.45, 2.75) is 25.8 Å². The SMILES string of the molecule is Fc1cccc(-c2cncc3[nH]c(-c4n[nH]c5ncc(-c6cncc(CN7CCCCC7)c6)cc45)cc23)c1. The quantitative estimate of drug-likeness (QED) is 0.286. The number of rotatable bonds is 5. The number of aromatic nitrogens is 6. The number of pyridine rings is 3. The summed E-state index contributed by atoms with van der Waals surface area (Å²) in [6.45, 7) is 3.22. The van der Waals surface area contributed by atoms with Crippen LogP contribution in [0.5, 0.6) is 0 Å². The number of H-pyrrole nitrogens is 2. The Kier molecular flexibility index (Phi) is 5.66. The zero-order valence-corrected chi connectivity index (χ0v) is 20.8. The summed E-state index contributed by atoms with van der Waals surface area (Å²) in [5, 5.41) is 9.51. The molecule has 0 aliphatic carbocycles. The van der Waals surface area contributed by atoms with E-state index in [1.807, 2.05) is 30.7 Å². The van der Waals surface area contributed by atoms with Crippen LogP contribution < -0.4 is 0 Å². The maximum Gasteiger partial charge on any atom is 0.155 e. The minimum atomic E-state index is -0.276. The predicted octanol–water partition coefficient (Wildman–Crippen LogP) is 6.36. The third-order valence-electron chi connectivity index (χ3n) is 7.34. The van der Waals surface area contributed by atoms with Crippen molar-refractivity contribution in [1.29, 1.82) is 0 Å². The van der Waals surface area contributed by atoms with Crippen molar-refractivity contribution in [3.63, 3.8) is 0 Å². The number of halogens is 1. The second kappa shape index (κ2) is 9.46. The van der Waals surface area contributed by atoms with Crippen molar-refractivity contribution >= 4 is 21.9 Å². The van der Waals surface area contributed by atoms with E-state index in [1.165, 1.54) is 37.0 Å². The first-order valence-electron chi connectivity index (χ1n) is 12.9. The van der Waals surface area contributed by atoms with Crippen LogP contribution in [0, 0.1) is 5.82 Å². The molecular formula is C30H26FN7. The van der Waals surface area contributed by atoms with Crippen molar-refractivity contribution in [3.05, 3.63) is 84.8 Å². The van der Waals surface area contributed by atoms with Crippen molar-refractivity contribution in [3.8, 4) is 33.6 Å². The third kappa shape index (κ3) is 4.22. The lowest BCUT2D eigenvalue weighted by Gasteiger charge is -2.26. The molecule has 1 fully saturated rings. The molecule has 6 aromatic rings. The first-order chi connectivity index (χ1) is 18.7. The Morgan fingerprint density at radius 1 is 0.816 bits per heavy atom. The van der Waals surface area contributed by atoms with Crippen LogP contribution in [0.4, 0.5) is 4.39 Å². The number of hydrogen-bond donors (Lipinski definition) is 2. The molecule has 0 saturated carbocycles. The lowest BCUT2D eigenvalue weighted by molar-refractivity contribution is 0.220. The van der Waals surface area contributed by atoms with Gasteiger partial charge in [-0.1, -0.05) is 18.6 Å². The summed E-state index contributed by atoms with van der Waals surface area (Å²) in [7, 11) is 0. The van der Waals surface area contributed by atoms with Gasteiger partial charge in [-0.15, -0.1) is 0 Å². The fourth-order valence-electron chi connectivity index (χ4n) is 5.44. The van der Waals surface area contributed by atoms with Gasteiger partial charge in [-0.25, -0.2) is 9.37 Å². The molecule has 1 aliphatic heterocycles. The lowest BCUT2D eigenvalue weighted by atomic mass is 10.0. The monoisotopic (exact) mass is 503 g/mol. The van der Waals surface area contributed by atoms with Crippen LogP contribution in [-0.2, 0) is 6.54 Å². The van der Waals surface area contributed by atoms with Gasteiger partial charge in [0.15, 0.2) is 5.65 Å². The number of fused-ring (bicyclic) bond motifs is 2. The maximum absolute atomic E-state index is 13.9. The largest absolute Gasteiger partial charge is 0.352 e. The summed E-state index contributed by atoms with van der Waals surface area (Å²) in [5.74, 6) is -0.276. The van der Waals surface area contributed by atoms with Crippen molar-refractivity contribution < 1.29 is 4.39 Å². The van der Waals surface area contributed by atoms with Gasteiger partial charge in [-0.05, 0) is 67.4 Å². The Bertz CT molecular complexity index is 1760. The highest BCUT2D eigenvalue weighted by Gasteiger charge is 2.16. The summed E-state index contributed by atoms with van der Waals surface area (Å²) < 4.78 is 13.9. The highest BCUT2D eigenvalue weighted by atomic mass is 19.1. The predicted molar refractivity (Wildman–Crippen MR) is 147 cm³/mol. The Morgan fingerprint density at radius 3 is 2.58 bits per heavy atom. The van der Waals surface area contributed by atoms with Gasteiger partial charge >= 0.3 is 0 Å². The van der Waals surface area contributed by atoms with Crippen LogP contribution in [0.15, 0.2) is 73.4 Å². The van der Waals surface area contributed by atoms with Crippen molar-refractivity contribution in [2.24, 2.45) is 0 Å². The summed E-state index contributed by atoms with van der Waals surface area (Å²) in [6, 6.07) is 12.9. The van der Waals surface area contributed by atoms with E-state index in [0.29, 0.717) is 5.65 Å². The molecule has 0 spiro atoms. The smallest absolute Gasteiger partial charge is 0.155 e. The van der Waals surface area contributed by atoms with Gasteiger partial charge < -0.3 is 4.98 Å². The van der Waals surface area contributed by atoms with E-state index in [4.69, 9.17) is 0 Å². The molecule has 1 aromatic carbocycles. The average Bonchev–Trinajstić information content (AvgIpc) is 3.57. The summed E-state index contributed by atoms with van der Waals surface area (Å²) >= 11 is 0. The van der Waals surface area contributed by atoms with Crippen LogP contribution in [0.2, 0.25) is 0 Å². The molecule has 38 heavy (non-hydrogen) atoms. The van der Waals surface area contributed by atoms with Gasteiger partial charge in [-0.3, -0.25) is 20.0 Å². The molecule has 2 N–H and O–H groups in total. The van der Waals surface area contributed by atoms with Crippen LogP contribution >= 0.6 is 0 Å². The first-order valence-corrected chi connectivity index (χ1v) is 12.9. The van der Waals surface area contributed by atoms with Crippen molar-refractivity contribution in [2.75, 3.05) is 13.1 Å². The second-order valence-electron chi connectivity index (χ2n) is 9.95. The Labute approximate surface area is 218 Å². The standard InChI is InChI=1S/C30H26FN7/c31-23-6-4-5-20(10-23)26-16-33-17-28-24(26)12-27(35-28)29-25-11-22(15-34-30(25)37-36-29)21-9-19(13-32-14-21)18-38-7-2-1-3-8-38/h4-6,9-17,35H,1-3,7-8,18H2,(H,34,36,37). The average molecular weight is 504 g/mol. The third-order valence-corrected chi connectivity index (χ3v) is 7.34. The van der Waals surface area contributed by atoms with E-state index >= 15 is 0 Å². The number of piperidine rings is 1. The fourth-order valence-corrected chi connectivity index (χ4v) is 5.44. The number of nitrogens with one attached hydrogen (secondary N) is 2. The van der Waals surface area contributed by atoms with Crippen LogP contribution in [0.25, 0.3) is 55.6 Å². The highest BCUT2D eigenvalue weighted by Crippen LogP contribution is 2.34. The molecule has 6 heterocycles. The minimum absolute atomic E-state index is 0.276. The normalized spacial score (nSPS) is 14.4. The van der Waals surface area contributed by atoms with E-state index in [2.05, 4.69) is 47.2 Å². The van der Waals surface area contributed by atoms with Gasteiger partial charge in [-0.2, -0.15) is 5.10 Å². The Morgan fingerprint density at radius 2 is 1.68 bits per heavy atom. The minimum Gasteiger partial charge on any atom is -0.352 e. The Balaban J connectivity index is 1.26. The number of likely N-dealkylation sites (tertiary alicyclic amines) is 1. The van der Waals surface area contributed by atoms with Gasteiger partial charge in [0, 0.05) is 58.8 Å². The zero-order chi connectivity index (χ0) is 25.5. The van der Waals surface area contributed by atoms with E-state index in [9.17, 15) is 4.39 Å². The van der Waals surface area contributed by atoms with Crippen LogP contribution in [0.1, 0.15) is 24.8 Å². The van der Waals surface area contributed by atoms with E-state index in [0.717, 1.165) is 69.6 Å². The lowest BCUT2D eigenvalue weighted by Crippen LogP contribution is -2.29. The molecule has 5 aromatic heterocycles. The molecule has 8 heteroatoms. The fraction of sp³-hybridized carbons (Fsp3) is 0.200. The maximum atomic E-state index is 13.9. The molecule has 1 aliphatic rings. The van der Waals surface area contributed by atoms with E-state index in [1.54, 1.807) is 18.5 Å². The summed E-state index contributed by atoms with van der Waals surface area (Å²) in [6.07, 6.45) is 13.1. The molecule has 1 saturated heterocycles. The zero-order valence-electron chi connectivity index (χ0n) is 20.8. The molecule has 0 atom stereocenters. The highest BCUT2D eigenvalue weighted by molar-refractivity contribution is 6.00. The molecule has 0 amide bonds. The van der Waals surface area contributed by atoms with E-state index < -0.39 is 0 Å². The Hall–Kier alpha value is -4.43. The van der Waals surface area contributed by atoms with E-state index in [-0.39, 0.29) is 5.82 Å². The summed E-state index contributed by atoms with van der Waals surface area (Å²) in [4.78, 5) is 19.5. The first kappa shape index (κ1) is 22.7. The van der Waals surface area contributed by atoms with Crippen molar-refractivity contribution in [1.82, 2.24) is 35.0 Å². The second-order valence-corrected chi connectivity index (χ2v) is 9.95. The molecule has 0 unspecified atom stereocenters. The molecular weight excluding hydrogens is 477 g/mol. The topological polar surface area (TPSA) is 86.4 Å². The number of benzene rings is 1.